The van der Waals surface area contributed by atoms with E-state index in [1.807, 2.05) is 0 Å². The van der Waals surface area contributed by atoms with Crippen molar-refractivity contribution in [1.82, 2.24) is 0 Å². The monoisotopic (exact) mass is 263 g/mol. The fraction of sp³-hybridized carbons (Fsp3) is 0.222. The lowest BCUT2D eigenvalue weighted by atomic mass is 10.3. The number of halogens is 3. The van der Waals surface area contributed by atoms with E-state index in [1.165, 1.54) is 6.07 Å². The third-order valence-electron chi connectivity index (χ3n) is 1.55. The highest BCUT2D eigenvalue weighted by atomic mass is 79.9. The van der Waals surface area contributed by atoms with E-state index in [0.717, 1.165) is 6.07 Å². The first kappa shape index (κ1) is 11.1. The number of hydrogen-bond donors (Lipinski definition) is 1. The number of carbonyl (C=O) groups excluding carboxylic acids is 1. The molecule has 14 heavy (non-hydrogen) atoms. The van der Waals surface area contributed by atoms with Crippen LogP contribution in [-0.4, -0.2) is 10.7 Å². The Morgan fingerprint density at radius 2 is 2.14 bits per heavy atom. The maximum atomic E-state index is 13.0. The molecule has 76 valence electrons. The van der Waals surface area contributed by atoms with E-state index >= 15 is 0 Å². The number of alkyl halides is 1. The summed E-state index contributed by atoms with van der Waals surface area (Å²) in [4.78, 5) is 10.7. The van der Waals surface area contributed by atoms with Gasteiger partial charge >= 0.3 is 0 Å². The maximum absolute atomic E-state index is 13.0. The summed E-state index contributed by atoms with van der Waals surface area (Å²) in [6.07, 6.45) is 0. The zero-order valence-corrected chi connectivity index (χ0v) is 8.94. The second-order valence-electron chi connectivity index (χ2n) is 2.73. The van der Waals surface area contributed by atoms with Crippen LogP contribution in [0, 0.1) is 11.6 Å². The van der Waals surface area contributed by atoms with Crippen molar-refractivity contribution < 1.29 is 13.6 Å². The Kier molecular flexibility index (Phi) is 3.57. The molecule has 1 rings (SSSR count). The molecular weight excluding hydrogens is 256 g/mol. The van der Waals surface area contributed by atoms with E-state index in [0.29, 0.717) is 6.07 Å². The van der Waals surface area contributed by atoms with Crippen LogP contribution in [0.4, 0.5) is 14.5 Å². The minimum absolute atomic E-state index is 0.0253. The Balaban J connectivity index is 2.82. The zero-order valence-electron chi connectivity index (χ0n) is 7.35. The van der Waals surface area contributed by atoms with Crippen LogP contribution in [0.15, 0.2) is 18.2 Å². The van der Waals surface area contributed by atoms with Crippen molar-refractivity contribution in [3.63, 3.8) is 0 Å². The van der Waals surface area contributed by atoms with Crippen LogP contribution >= 0.6 is 15.9 Å². The van der Waals surface area contributed by atoms with E-state index in [1.54, 1.807) is 6.92 Å². The molecule has 0 fully saturated rings. The largest absolute Gasteiger partial charge is 0.323 e. The van der Waals surface area contributed by atoms with Crippen molar-refractivity contribution >= 4 is 27.5 Å². The third-order valence-corrected chi connectivity index (χ3v) is 1.97. The summed E-state index contributed by atoms with van der Waals surface area (Å²) in [6, 6.07) is 2.98. The first-order valence-electron chi connectivity index (χ1n) is 3.90. The van der Waals surface area contributed by atoms with E-state index < -0.39 is 16.5 Å². The molecule has 0 heterocycles. The average molecular weight is 264 g/mol. The molecule has 0 aliphatic heterocycles. The summed E-state index contributed by atoms with van der Waals surface area (Å²) in [5, 5.41) is 2.31. The highest BCUT2D eigenvalue weighted by molar-refractivity contribution is 9.10. The van der Waals surface area contributed by atoms with Gasteiger partial charge in [-0.2, -0.15) is 0 Å². The highest BCUT2D eigenvalue weighted by Crippen LogP contribution is 2.15. The summed E-state index contributed by atoms with van der Waals surface area (Å²) >= 11 is 3.03. The molecule has 5 heteroatoms. The molecule has 0 spiro atoms. The van der Waals surface area contributed by atoms with Gasteiger partial charge in [0.2, 0.25) is 5.91 Å². The number of amides is 1. The molecule has 1 amide bonds. The summed E-state index contributed by atoms with van der Waals surface area (Å²) in [6.45, 7) is 1.61. The molecule has 1 aromatic rings. The van der Waals surface area contributed by atoms with E-state index in [-0.39, 0.29) is 11.6 Å². The molecule has 0 saturated carbocycles. The lowest BCUT2D eigenvalue weighted by molar-refractivity contribution is -0.115. The number of hydrogen-bond acceptors (Lipinski definition) is 1. The van der Waals surface area contributed by atoms with Crippen LogP contribution in [0.5, 0.6) is 0 Å². The Morgan fingerprint density at radius 1 is 1.50 bits per heavy atom. The van der Waals surface area contributed by atoms with Gasteiger partial charge in [-0.05, 0) is 19.1 Å². The Bertz CT molecular complexity index is 355. The van der Waals surface area contributed by atoms with Gasteiger partial charge in [-0.1, -0.05) is 15.9 Å². The molecule has 0 unspecified atom stereocenters. The van der Waals surface area contributed by atoms with Gasteiger partial charge in [0.05, 0.1) is 10.5 Å². The number of rotatable bonds is 2. The minimum Gasteiger partial charge on any atom is -0.323 e. The lowest BCUT2D eigenvalue weighted by Gasteiger charge is -2.07. The molecule has 0 bridgehead atoms. The van der Waals surface area contributed by atoms with Gasteiger partial charge in [0.15, 0.2) is 0 Å². The first-order valence-corrected chi connectivity index (χ1v) is 4.82. The third kappa shape index (κ3) is 2.77. The van der Waals surface area contributed by atoms with Gasteiger partial charge in [-0.3, -0.25) is 4.79 Å². The standard InChI is InChI=1S/C9H8BrF2NO/c1-5(10)9(14)13-8-3-2-6(11)4-7(8)12/h2-5H,1H3,(H,13,14)/t5-/m0/s1. The smallest absolute Gasteiger partial charge is 0.237 e. The van der Waals surface area contributed by atoms with Gasteiger partial charge < -0.3 is 5.32 Å². The van der Waals surface area contributed by atoms with Crippen LogP contribution in [0.3, 0.4) is 0 Å². The van der Waals surface area contributed by atoms with Gasteiger partial charge in [-0.15, -0.1) is 0 Å². The summed E-state index contributed by atoms with van der Waals surface area (Å²) in [5.74, 6) is -1.84. The molecule has 1 atom stereocenters. The predicted molar refractivity (Wildman–Crippen MR) is 53.4 cm³/mol. The van der Waals surface area contributed by atoms with Gasteiger partial charge in [0, 0.05) is 6.07 Å². The molecular formula is C9H8BrF2NO. The Hall–Kier alpha value is -0.970. The van der Waals surface area contributed by atoms with Crippen LogP contribution in [0.25, 0.3) is 0 Å². The Labute approximate surface area is 88.4 Å². The Morgan fingerprint density at radius 3 is 2.64 bits per heavy atom. The fourth-order valence-corrected chi connectivity index (χ4v) is 0.937. The molecule has 1 N–H and O–H groups in total. The second kappa shape index (κ2) is 4.50. The number of nitrogens with one attached hydrogen (secondary N) is 1. The van der Waals surface area contributed by atoms with Crippen molar-refractivity contribution in [2.24, 2.45) is 0 Å². The molecule has 0 aliphatic carbocycles. The summed E-state index contributed by atoms with van der Waals surface area (Å²) in [7, 11) is 0. The summed E-state index contributed by atoms with van der Waals surface area (Å²) < 4.78 is 25.5. The van der Waals surface area contributed by atoms with Gasteiger partial charge in [0.1, 0.15) is 11.6 Å². The normalized spacial score (nSPS) is 12.3. The molecule has 0 saturated heterocycles. The SMILES string of the molecule is C[C@H](Br)C(=O)Nc1ccc(F)cc1F. The van der Waals surface area contributed by atoms with Crippen LogP contribution in [0.1, 0.15) is 6.92 Å². The maximum Gasteiger partial charge on any atom is 0.237 e. The van der Waals surface area contributed by atoms with Crippen molar-refractivity contribution in [2.45, 2.75) is 11.8 Å². The highest BCUT2D eigenvalue weighted by Gasteiger charge is 2.11. The average Bonchev–Trinajstić information content (AvgIpc) is 2.09. The van der Waals surface area contributed by atoms with E-state index in [2.05, 4.69) is 21.2 Å². The van der Waals surface area contributed by atoms with Crippen molar-refractivity contribution in [3.8, 4) is 0 Å². The number of anilines is 1. The molecule has 1 aromatic carbocycles. The van der Waals surface area contributed by atoms with Crippen molar-refractivity contribution in [3.05, 3.63) is 29.8 Å². The molecule has 2 nitrogen and oxygen atoms in total. The molecule has 0 aromatic heterocycles. The number of benzene rings is 1. The van der Waals surface area contributed by atoms with Crippen LogP contribution in [-0.2, 0) is 4.79 Å². The van der Waals surface area contributed by atoms with E-state index in [4.69, 9.17) is 0 Å². The van der Waals surface area contributed by atoms with Crippen molar-refractivity contribution in [2.75, 3.05) is 5.32 Å². The van der Waals surface area contributed by atoms with E-state index in [9.17, 15) is 13.6 Å². The van der Waals surface area contributed by atoms with Crippen molar-refractivity contribution in [1.29, 1.82) is 0 Å². The number of carbonyl (C=O) groups is 1. The topological polar surface area (TPSA) is 29.1 Å². The van der Waals surface area contributed by atoms with Gasteiger partial charge in [-0.25, -0.2) is 8.78 Å². The second-order valence-corrected chi connectivity index (χ2v) is 4.10. The molecule has 0 radical (unpaired) electrons. The quantitative estimate of drug-likeness (QED) is 0.817. The van der Waals surface area contributed by atoms with Crippen LogP contribution < -0.4 is 5.32 Å². The lowest BCUT2D eigenvalue weighted by Crippen LogP contribution is -2.20. The first-order chi connectivity index (χ1) is 6.50. The predicted octanol–water partition coefficient (Wildman–Crippen LogP) is 2.69. The zero-order chi connectivity index (χ0) is 10.7. The molecule has 0 aliphatic rings. The van der Waals surface area contributed by atoms with Crippen LogP contribution in [0.2, 0.25) is 0 Å². The fourth-order valence-electron chi connectivity index (χ4n) is 0.823. The van der Waals surface area contributed by atoms with Gasteiger partial charge in [0.25, 0.3) is 0 Å². The summed E-state index contributed by atoms with van der Waals surface area (Å²) in [5.41, 5.74) is -0.0253. The minimum atomic E-state index is -0.786.